The van der Waals surface area contributed by atoms with Gasteiger partial charge in [0.15, 0.2) is 0 Å². The van der Waals surface area contributed by atoms with Crippen LogP contribution in [0, 0.1) is 6.92 Å². The number of hydrogen-bond donors (Lipinski definition) is 1. The molecule has 0 saturated heterocycles. The molecule has 3 aromatic heterocycles. The molecule has 0 radical (unpaired) electrons. The third-order valence-corrected chi connectivity index (χ3v) is 6.10. The molecule has 0 atom stereocenters. The van der Waals surface area contributed by atoms with Crippen molar-refractivity contribution < 1.29 is 9.53 Å². The van der Waals surface area contributed by atoms with Gasteiger partial charge in [-0.15, -0.1) is 0 Å². The number of hydrogen-bond acceptors (Lipinski definition) is 6. The summed E-state index contributed by atoms with van der Waals surface area (Å²) in [5.74, 6) is 1.57. The van der Waals surface area contributed by atoms with E-state index in [0.717, 1.165) is 39.1 Å². The zero-order chi connectivity index (χ0) is 24.7. The average molecular weight is 467 g/mol. The van der Waals surface area contributed by atoms with Crippen LogP contribution in [0.25, 0.3) is 27.7 Å². The lowest BCUT2D eigenvalue weighted by Crippen LogP contribution is -2.29. The first-order valence-corrected chi connectivity index (χ1v) is 11.3. The number of pyridine rings is 1. The number of aromatic nitrogens is 4. The lowest BCUT2D eigenvalue weighted by Gasteiger charge is -2.17. The molecule has 0 bridgehead atoms. The number of aryl methyl sites for hydroxylation is 2. The molecule has 176 valence electrons. The van der Waals surface area contributed by atoms with Crippen LogP contribution in [0.3, 0.4) is 0 Å². The first-order chi connectivity index (χ1) is 16.8. The van der Waals surface area contributed by atoms with Gasteiger partial charge in [-0.2, -0.15) is 0 Å². The highest BCUT2D eigenvalue weighted by atomic mass is 16.5. The maximum absolute atomic E-state index is 12.5. The highest BCUT2D eigenvalue weighted by molar-refractivity contribution is 6.06. The fraction of sp³-hybridized carbons (Fsp3) is 0.185. The van der Waals surface area contributed by atoms with E-state index in [9.17, 15) is 4.79 Å². The molecule has 1 aromatic carbocycles. The fourth-order valence-electron chi connectivity index (χ4n) is 4.47. The molecule has 0 spiro atoms. The summed E-state index contributed by atoms with van der Waals surface area (Å²) in [5.41, 5.74) is 12.3. The molecule has 1 aliphatic heterocycles. The van der Waals surface area contributed by atoms with Gasteiger partial charge in [-0.05, 0) is 43.2 Å². The van der Waals surface area contributed by atoms with Gasteiger partial charge < -0.3 is 19.9 Å². The minimum absolute atomic E-state index is 0.0536. The van der Waals surface area contributed by atoms with E-state index in [-0.39, 0.29) is 5.91 Å². The summed E-state index contributed by atoms with van der Waals surface area (Å²) in [6.07, 6.45) is 3.54. The Morgan fingerprint density at radius 2 is 1.91 bits per heavy atom. The van der Waals surface area contributed by atoms with Crippen molar-refractivity contribution in [1.82, 2.24) is 24.4 Å². The molecule has 0 aliphatic carbocycles. The Labute approximate surface area is 203 Å². The Kier molecular flexibility index (Phi) is 5.56. The number of amides is 1. The third kappa shape index (κ3) is 4.03. The van der Waals surface area contributed by atoms with Crippen molar-refractivity contribution in [3.8, 4) is 22.8 Å². The lowest BCUT2D eigenvalue weighted by atomic mass is 9.99. The van der Waals surface area contributed by atoms with Gasteiger partial charge in [0.2, 0.25) is 11.8 Å². The van der Waals surface area contributed by atoms with Crippen molar-refractivity contribution in [3.05, 3.63) is 78.4 Å². The summed E-state index contributed by atoms with van der Waals surface area (Å²) in [7, 11) is 1.96. The van der Waals surface area contributed by atoms with Crippen LogP contribution in [0.4, 0.5) is 5.82 Å². The van der Waals surface area contributed by atoms with Crippen molar-refractivity contribution >= 4 is 28.3 Å². The zero-order valence-electron chi connectivity index (χ0n) is 19.9. The number of benzene rings is 1. The molecular weight excluding hydrogens is 440 g/mol. The maximum atomic E-state index is 12.5. The quantitative estimate of drug-likeness (QED) is 0.434. The second kappa shape index (κ2) is 8.72. The molecule has 4 aromatic rings. The van der Waals surface area contributed by atoms with E-state index in [2.05, 4.69) is 27.6 Å². The average Bonchev–Trinajstić information content (AvgIpc) is 3.43. The predicted molar refractivity (Wildman–Crippen MR) is 137 cm³/mol. The van der Waals surface area contributed by atoms with Crippen LogP contribution in [-0.2, 0) is 11.8 Å². The van der Waals surface area contributed by atoms with Crippen LogP contribution in [0.5, 0.6) is 11.6 Å². The monoisotopic (exact) mass is 466 g/mol. The minimum Gasteiger partial charge on any atom is -0.439 e. The number of rotatable bonds is 5. The van der Waals surface area contributed by atoms with Gasteiger partial charge in [0.1, 0.15) is 23.5 Å². The van der Waals surface area contributed by atoms with Crippen molar-refractivity contribution in [2.24, 2.45) is 7.05 Å². The number of anilines is 1. The lowest BCUT2D eigenvalue weighted by molar-refractivity contribution is -0.125. The maximum Gasteiger partial charge on any atom is 0.249 e. The van der Waals surface area contributed by atoms with Crippen molar-refractivity contribution in [1.29, 1.82) is 0 Å². The minimum atomic E-state index is -0.0536. The van der Waals surface area contributed by atoms with Gasteiger partial charge in [-0.25, -0.2) is 15.0 Å². The number of ether oxygens (including phenoxy) is 1. The Balaban J connectivity index is 1.57. The Morgan fingerprint density at radius 3 is 2.63 bits per heavy atom. The molecule has 8 heteroatoms. The van der Waals surface area contributed by atoms with E-state index >= 15 is 0 Å². The molecule has 4 heterocycles. The smallest absolute Gasteiger partial charge is 0.249 e. The van der Waals surface area contributed by atoms with E-state index < -0.39 is 0 Å². The SMILES string of the molecule is C=C(C)C(=O)N1CC=C(c2c(-c3ccc(Oc4cccc(C)n4)cc3)c3c(N)ncnc3n2C)C1. The topological polar surface area (TPSA) is 99.2 Å². The van der Waals surface area contributed by atoms with Crippen molar-refractivity contribution in [2.75, 3.05) is 18.8 Å². The van der Waals surface area contributed by atoms with E-state index in [0.29, 0.717) is 36.1 Å². The standard InChI is InChI=1S/C27H26N6O2/c1-16(2)27(34)33-13-12-19(14-33)24-22(23-25(28)29-15-30-26(23)32(24)4)18-8-10-20(11-9-18)35-21-7-5-6-17(3)31-21/h5-12,15H,1,13-14H2,2-4H3,(H2,28,29,30). The summed E-state index contributed by atoms with van der Waals surface area (Å²) >= 11 is 0. The van der Waals surface area contributed by atoms with Crippen molar-refractivity contribution in [2.45, 2.75) is 13.8 Å². The number of nitrogens with zero attached hydrogens (tertiary/aromatic N) is 5. The summed E-state index contributed by atoms with van der Waals surface area (Å²) in [6, 6.07) is 13.4. The first-order valence-electron chi connectivity index (χ1n) is 11.3. The number of carbonyl (C=O) groups excluding carboxylic acids is 1. The van der Waals surface area contributed by atoms with Gasteiger partial charge in [-0.3, -0.25) is 4.79 Å². The van der Waals surface area contributed by atoms with E-state index in [1.54, 1.807) is 11.8 Å². The first kappa shape index (κ1) is 22.3. The number of carbonyl (C=O) groups is 1. The molecule has 2 N–H and O–H groups in total. The van der Waals surface area contributed by atoms with E-state index in [4.69, 9.17) is 10.5 Å². The summed E-state index contributed by atoms with van der Waals surface area (Å²) in [6.45, 7) is 8.46. The van der Waals surface area contributed by atoms with Crippen LogP contribution in [0.1, 0.15) is 18.3 Å². The zero-order valence-corrected chi connectivity index (χ0v) is 19.9. The molecule has 0 fully saturated rings. The second-order valence-corrected chi connectivity index (χ2v) is 8.68. The second-order valence-electron chi connectivity index (χ2n) is 8.68. The fourth-order valence-corrected chi connectivity index (χ4v) is 4.47. The van der Waals surface area contributed by atoms with Gasteiger partial charge >= 0.3 is 0 Å². The molecule has 0 saturated carbocycles. The van der Waals surface area contributed by atoms with Crippen molar-refractivity contribution in [3.63, 3.8) is 0 Å². The van der Waals surface area contributed by atoms with Gasteiger partial charge in [0.25, 0.3) is 0 Å². The highest BCUT2D eigenvalue weighted by Gasteiger charge is 2.28. The number of nitrogen functional groups attached to an aromatic ring is 1. The Morgan fingerprint density at radius 1 is 1.14 bits per heavy atom. The number of nitrogens with two attached hydrogens (primary N) is 1. The Hall–Kier alpha value is -4.46. The summed E-state index contributed by atoms with van der Waals surface area (Å²) in [4.78, 5) is 27.4. The molecule has 5 rings (SSSR count). The number of fused-ring (bicyclic) bond motifs is 1. The van der Waals surface area contributed by atoms with Crippen LogP contribution in [0.2, 0.25) is 0 Å². The van der Waals surface area contributed by atoms with Gasteiger partial charge in [-0.1, -0.05) is 30.9 Å². The summed E-state index contributed by atoms with van der Waals surface area (Å²) in [5, 5.41) is 0.782. The normalized spacial score (nSPS) is 13.2. The molecule has 35 heavy (non-hydrogen) atoms. The molecule has 1 amide bonds. The van der Waals surface area contributed by atoms with Gasteiger partial charge in [0, 0.05) is 43.0 Å². The van der Waals surface area contributed by atoms with Crippen LogP contribution < -0.4 is 10.5 Å². The predicted octanol–water partition coefficient (Wildman–Crippen LogP) is 4.51. The molecular formula is C27H26N6O2. The largest absolute Gasteiger partial charge is 0.439 e. The van der Waals surface area contributed by atoms with Crippen LogP contribution in [-0.4, -0.2) is 43.4 Å². The Bertz CT molecular complexity index is 1500. The van der Waals surface area contributed by atoms with E-state index in [1.165, 1.54) is 6.33 Å². The van der Waals surface area contributed by atoms with Crippen LogP contribution in [0.15, 0.2) is 67.0 Å². The van der Waals surface area contributed by atoms with Gasteiger partial charge in [0.05, 0.1) is 11.1 Å². The molecule has 8 nitrogen and oxygen atoms in total. The third-order valence-electron chi connectivity index (χ3n) is 6.10. The van der Waals surface area contributed by atoms with Crippen LogP contribution >= 0.6 is 0 Å². The highest BCUT2D eigenvalue weighted by Crippen LogP contribution is 2.41. The summed E-state index contributed by atoms with van der Waals surface area (Å²) < 4.78 is 7.95. The molecule has 1 aliphatic rings. The van der Waals surface area contributed by atoms with E-state index in [1.807, 2.05) is 61.0 Å². The molecule has 0 unspecified atom stereocenters.